The van der Waals surface area contributed by atoms with Gasteiger partial charge in [-0.2, -0.15) is 5.26 Å². The van der Waals surface area contributed by atoms with Crippen LogP contribution in [0, 0.1) is 18.3 Å². The summed E-state index contributed by atoms with van der Waals surface area (Å²) in [5, 5.41) is 17.7. The summed E-state index contributed by atoms with van der Waals surface area (Å²) in [6.45, 7) is 1.74. The predicted molar refractivity (Wildman–Crippen MR) is 82.2 cm³/mol. The molecule has 0 aliphatic rings. The van der Waals surface area contributed by atoms with E-state index in [4.69, 9.17) is 19.5 Å². The molecule has 0 radical (unpaired) electrons. The largest absolute Gasteiger partial charge is 0.479 e. The lowest BCUT2D eigenvalue weighted by Gasteiger charge is -2.02. The van der Waals surface area contributed by atoms with E-state index in [-0.39, 0.29) is 12.2 Å². The van der Waals surface area contributed by atoms with Gasteiger partial charge in [-0.05, 0) is 42.8 Å². The van der Waals surface area contributed by atoms with Gasteiger partial charge in [0.25, 0.3) is 0 Å². The third-order valence-electron chi connectivity index (χ3n) is 3.32. The molecule has 3 aromatic rings. The van der Waals surface area contributed by atoms with Gasteiger partial charge in [0.1, 0.15) is 17.3 Å². The number of nitrogens with zero attached hydrogens (tertiary/aromatic N) is 2. The van der Waals surface area contributed by atoms with Gasteiger partial charge in [0.15, 0.2) is 12.2 Å². The van der Waals surface area contributed by atoms with Gasteiger partial charge in [0.2, 0.25) is 5.89 Å². The molecule has 0 aliphatic heterocycles. The molecule has 0 unspecified atom stereocenters. The standard InChI is InChI=1S/C17H12N2O4/c1-10-7-12(17(20)21)9-14-15(10)19-16(23-14)11-3-2-4-13(8-11)22-6-5-18/h2-4,7-9H,6H2,1H3,(H,20,21). The molecule has 6 heteroatoms. The molecule has 1 heterocycles. The summed E-state index contributed by atoms with van der Waals surface area (Å²) < 4.78 is 10.9. The first-order valence-electron chi connectivity index (χ1n) is 6.83. The third kappa shape index (κ3) is 2.85. The molecule has 0 spiro atoms. The Kier molecular flexibility index (Phi) is 3.69. The maximum atomic E-state index is 11.1. The molecule has 0 saturated heterocycles. The highest BCUT2D eigenvalue weighted by Gasteiger charge is 2.14. The van der Waals surface area contributed by atoms with Crippen molar-refractivity contribution < 1.29 is 19.1 Å². The van der Waals surface area contributed by atoms with Crippen LogP contribution in [0.1, 0.15) is 15.9 Å². The SMILES string of the molecule is Cc1cc(C(=O)O)cc2oc(-c3cccc(OCC#N)c3)nc12. The van der Waals surface area contributed by atoms with Crippen LogP contribution >= 0.6 is 0 Å². The molecule has 1 aromatic heterocycles. The van der Waals surface area contributed by atoms with Crippen LogP contribution in [0.15, 0.2) is 40.8 Å². The van der Waals surface area contributed by atoms with Crippen molar-refractivity contribution in [2.45, 2.75) is 6.92 Å². The van der Waals surface area contributed by atoms with E-state index in [1.54, 1.807) is 37.3 Å². The van der Waals surface area contributed by atoms with Gasteiger partial charge >= 0.3 is 5.97 Å². The molecular formula is C17H12N2O4. The molecule has 0 bridgehead atoms. The van der Waals surface area contributed by atoms with Gasteiger partial charge in [-0.3, -0.25) is 0 Å². The molecule has 0 aliphatic carbocycles. The van der Waals surface area contributed by atoms with Crippen LogP contribution in [0.3, 0.4) is 0 Å². The smallest absolute Gasteiger partial charge is 0.335 e. The molecule has 2 aromatic carbocycles. The average Bonchev–Trinajstić information content (AvgIpc) is 2.98. The molecule has 0 atom stereocenters. The number of aromatic nitrogens is 1. The molecule has 3 rings (SSSR count). The van der Waals surface area contributed by atoms with Crippen LogP contribution in [0.5, 0.6) is 5.75 Å². The van der Waals surface area contributed by atoms with Crippen molar-refractivity contribution in [2.24, 2.45) is 0 Å². The van der Waals surface area contributed by atoms with E-state index >= 15 is 0 Å². The molecule has 23 heavy (non-hydrogen) atoms. The topological polar surface area (TPSA) is 96.4 Å². The summed E-state index contributed by atoms with van der Waals surface area (Å²) in [5.41, 5.74) is 2.61. The van der Waals surface area contributed by atoms with E-state index in [0.29, 0.717) is 28.3 Å². The van der Waals surface area contributed by atoms with E-state index in [0.717, 1.165) is 5.56 Å². The number of benzene rings is 2. The van der Waals surface area contributed by atoms with Gasteiger partial charge in [0.05, 0.1) is 5.56 Å². The Morgan fingerprint density at radius 3 is 2.96 bits per heavy atom. The van der Waals surface area contributed by atoms with E-state index in [9.17, 15) is 4.79 Å². The first-order chi connectivity index (χ1) is 11.1. The number of hydrogen-bond acceptors (Lipinski definition) is 5. The van der Waals surface area contributed by atoms with Crippen molar-refractivity contribution in [1.29, 1.82) is 5.26 Å². The number of carboxylic acid groups (broad SMARTS) is 1. The van der Waals surface area contributed by atoms with Crippen molar-refractivity contribution in [3.8, 4) is 23.3 Å². The first-order valence-corrected chi connectivity index (χ1v) is 6.83. The zero-order valence-electron chi connectivity index (χ0n) is 12.2. The Hall–Kier alpha value is -3.33. The highest BCUT2D eigenvalue weighted by atomic mass is 16.5. The Morgan fingerprint density at radius 2 is 2.22 bits per heavy atom. The molecule has 114 valence electrons. The maximum Gasteiger partial charge on any atom is 0.335 e. The van der Waals surface area contributed by atoms with E-state index in [1.807, 2.05) is 6.07 Å². The zero-order valence-corrected chi connectivity index (χ0v) is 12.2. The molecule has 6 nitrogen and oxygen atoms in total. The first kappa shape index (κ1) is 14.6. The monoisotopic (exact) mass is 308 g/mol. The highest BCUT2D eigenvalue weighted by Crippen LogP contribution is 2.29. The van der Waals surface area contributed by atoms with Gasteiger partial charge < -0.3 is 14.3 Å². The second-order valence-electron chi connectivity index (χ2n) is 4.94. The van der Waals surface area contributed by atoms with Crippen LogP contribution in [0.2, 0.25) is 0 Å². The van der Waals surface area contributed by atoms with Crippen LogP contribution in [-0.4, -0.2) is 22.7 Å². The lowest BCUT2D eigenvalue weighted by atomic mass is 10.1. The Morgan fingerprint density at radius 1 is 1.39 bits per heavy atom. The number of ether oxygens (including phenoxy) is 1. The number of nitriles is 1. The number of aryl methyl sites for hydroxylation is 1. The number of rotatable bonds is 4. The van der Waals surface area contributed by atoms with Crippen molar-refractivity contribution >= 4 is 17.1 Å². The molecule has 0 amide bonds. The quantitative estimate of drug-likeness (QED) is 0.793. The number of hydrogen-bond donors (Lipinski definition) is 1. The number of oxazole rings is 1. The van der Waals surface area contributed by atoms with E-state index in [2.05, 4.69) is 4.98 Å². The fourth-order valence-corrected chi connectivity index (χ4v) is 2.28. The van der Waals surface area contributed by atoms with Crippen molar-refractivity contribution in [3.05, 3.63) is 47.5 Å². The predicted octanol–water partition coefficient (Wildman–Crippen LogP) is 3.40. The summed E-state index contributed by atoms with van der Waals surface area (Å²) in [4.78, 5) is 15.5. The number of aromatic carboxylic acids is 1. The third-order valence-corrected chi connectivity index (χ3v) is 3.32. The minimum atomic E-state index is -1.01. The fourth-order valence-electron chi connectivity index (χ4n) is 2.28. The summed E-state index contributed by atoms with van der Waals surface area (Å²) in [6, 6.07) is 11.9. The van der Waals surface area contributed by atoms with Crippen LogP contribution in [-0.2, 0) is 0 Å². The fraction of sp³-hybridized carbons (Fsp3) is 0.118. The molecule has 1 N–H and O–H groups in total. The molecular weight excluding hydrogens is 296 g/mol. The van der Waals surface area contributed by atoms with Crippen molar-refractivity contribution in [2.75, 3.05) is 6.61 Å². The minimum absolute atomic E-state index is 0.0436. The van der Waals surface area contributed by atoms with Crippen LogP contribution < -0.4 is 4.74 Å². The van der Waals surface area contributed by atoms with Crippen molar-refractivity contribution in [3.63, 3.8) is 0 Å². The highest BCUT2D eigenvalue weighted by molar-refractivity contribution is 5.93. The second-order valence-corrected chi connectivity index (χ2v) is 4.94. The summed E-state index contributed by atoms with van der Waals surface area (Å²) in [6.07, 6.45) is 0. The summed E-state index contributed by atoms with van der Waals surface area (Å²) in [7, 11) is 0. The van der Waals surface area contributed by atoms with Crippen molar-refractivity contribution in [1.82, 2.24) is 4.98 Å². The number of carbonyl (C=O) groups is 1. The summed E-state index contributed by atoms with van der Waals surface area (Å²) in [5.74, 6) is -0.109. The van der Waals surface area contributed by atoms with Gasteiger partial charge in [-0.15, -0.1) is 0 Å². The number of carboxylic acids is 1. The maximum absolute atomic E-state index is 11.1. The van der Waals surface area contributed by atoms with Crippen LogP contribution in [0.25, 0.3) is 22.6 Å². The lowest BCUT2D eigenvalue weighted by Crippen LogP contribution is -1.96. The molecule has 0 saturated carbocycles. The summed E-state index contributed by atoms with van der Waals surface area (Å²) >= 11 is 0. The Labute approximate surface area is 131 Å². The zero-order chi connectivity index (χ0) is 16.4. The van der Waals surface area contributed by atoms with Gasteiger partial charge in [-0.1, -0.05) is 6.07 Å². The van der Waals surface area contributed by atoms with E-state index in [1.165, 1.54) is 6.07 Å². The van der Waals surface area contributed by atoms with E-state index < -0.39 is 5.97 Å². The van der Waals surface area contributed by atoms with Crippen LogP contribution in [0.4, 0.5) is 0 Å². The van der Waals surface area contributed by atoms with Gasteiger partial charge in [0, 0.05) is 5.56 Å². The average molecular weight is 308 g/mol. The Bertz CT molecular complexity index is 937. The minimum Gasteiger partial charge on any atom is -0.479 e. The second kappa shape index (κ2) is 5.81. The van der Waals surface area contributed by atoms with Gasteiger partial charge in [-0.25, -0.2) is 9.78 Å². The number of fused-ring (bicyclic) bond motifs is 1. The Balaban J connectivity index is 2.05. The lowest BCUT2D eigenvalue weighted by molar-refractivity contribution is 0.0697. The molecule has 0 fully saturated rings. The normalized spacial score (nSPS) is 10.4.